The number of hydrogen-bond acceptors (Lipinski definition) is 8. The Hall–Kier alpha value is -3.16. The summed E-state index contributed by atoms with van der Waals surface area (Å²) >= 11 is 2.26. The summed E-state index contributed by atoms with van der Waals surface area (Å²) in [4.78, 5) is 28.6. The van der Waals surface area contributed by atoms with E-state index in [9.17, 15) is 14.9 Å². The maximum Gasteiger partial charge on any atom is 0.235 e. The van der Waals surface area contributed by atoms with Gasteiger partial charge in [-0.1, -0.05) is 30.0 Å². The molecule has 3 rings (SSSR count). The number of aromatic amines is 1. The third-order valence-electron chi connectivity index (χ3n) is 3.79. The molecule has 0 aliphatic rings. The molecule has 0 fully saturated rings. The second-order valence-electron chi connectivity index (χ2n) is 5.93. The van der Waals surface area contributed by atoms with Crippen LogP contribution >= 0.6 is 23.1 Å². The van der Waals surface area contributed by atoms with E-state index in [-0.39, 0.29) is 24.1 Å². The largest absolute Gasteiger partial charge is 0.486 e. The highest BCUT2D eigenvalue weighted by atomic mass is 32.2. The maximum absolute atomic E-state index is 12.3. The van der Waals surface area contributed by atoms with Crippen LogP contribution in [0.4, 0.5) is 5.00 Å². The van der Waals surface area contributed by atoms with E-state index in [0.29, 0.717) is 32.0 Å². The zero-order valence-electron chi connectivity index (χ0n) is 15.7. The van der Waals surface area contributed by atoms with Gasteiger partial charge in [0.05, 0.1) is 16.2 Å². The number of rotatable bonds is 8. The first-order chi connectivity index (χ1) is 14.0. The third-order valence-corrected chi connectivity index (χ3v) is 5.95. The van der Waals surface area contributed by atoms with Gasteiger partial charge in [-0.05, 0) is 31.5 Å². The number of nitrogens with zero attached hydrogens (tertiary/aromatic N) is 3. The molecule has 0 spiro atoms. The first-order valence-electron chi connectivity index (χ1n) is 8.54. The summed E-state index contributed by atoms with van der Waals surface area (Å²) in [5.74, 6) is 0.888. The number of aromatic nitrogens is 3. The van der Waals surface area contributed by atoms with Crippen LogP contribution < -0.4 is 10.1 Å². The fourth-order valence-electron chi connectivity index (χ4n) is 2.44. The smallest absolute Gasteiger partial charge is 0.235 e. The van der Waals surface area contributed by atoms with E-state index in [1.165, 1.54) is 6.92 Å². The monoisotopic (exact) mass is 427 g/mol. The van der Waals surface area contributed by atoms with Crippen LogP contribution in [0.2, 0.25) is 0 Å². The van der Waals surface area contributed by atoms with Crippen molar-refractivity contribution in [3.8, 4) is 11.8 Å². The van der Waals surface area contributed by atoms with Crippen molar-refractivity contribution >= 4 is 39.8 Å². The Balaban J connectivity index is 1.54. The Kier molecular flexibility index (Phi) is 6.64. The number of nitrogens with one attached hydrogen (secondary N) is 2. The number of H-pyrrole nitrogens is 1. The molecular weight excluding hydrogens is 410 g/mol. The SMILES string of the molecule is CC(=O)c1sc(NC(=O)CSc2n[nH]c(COc3ccccc3)n2)c(C#N)c1C. The van der Waals surface area contributed by atoms with Gasteiger partial charge in [0.2, 0.25) is 11.1 Å². The van der Waals surface area contributed by atoms with Crippen molar-refractivity contribution in [3.63, 3.8) is 0 Å². The summed E-state index contributed by atoms with van der Waals surface area (Å²) in [6.45, 7) is 3.37. The highest BCUT2D eigenvalue weighted by molar-refractivity contribution is 7.99. The van der Waals surface area contributed by atoms with Gasteiger partial charge in [-0.3, -0.25) is 14.7 Å². The van der Waals surface area contributed by atoms with Crippen molar-refractivity contribution in [3.05, 3.63) is 52.2 Å². The minimum Gasteiger partial charge on any atom is -0.486 e. The number of para-hydroxylation sites is 1. The molecule has 2 N–H and O–H groups in total. The molecule has 0 aliphatic carbocycles. The van der Waals surface area contributed by atoms with Gasteiger partial charge in [-0.15, -0.1) is 16.4 Å². The summed E-state index contributed by atoms with van der Waals surface area (Å²) in [5, 5.41) is 19.6. The summed E-state index contributed by atoms with van der Waals surface area (Å²) in [6, 6.07) is 11.4. The summed E-state index contributed by atoms with van der Waals surface area (Å²) in [5.41, 5.74) is 0.904. The van der Waals surface area contributed by atoms with Gasteiger partial charge in [-0.2, -0.15) is 5.26 Å². The van der Waals surface area contributed by atoms with Crippen LogP contribution in [0, 0.1) is 18.3 Å². The Bertz CT molecular complexity index is 1070. The minimum atomic E-state index is -0.310. The Morgan fingerprint density at radius 3 is 2.79 bits per heavy atom. The van der Waals surface area contributed by atoms with Crippen molar-refractivity contribution in [1.82, 2.24) is 15.2 Å². The second-order valence-corrected chi connectivity index (χ2v) is 7.89. The zero-order chi connectivity index (χ0) is 20.8. The Labute approximate surface area is 175 Å². The van der Waals surface area contributed by atoms with E-state index in [1.54, 1.807) is 6.92 Å². The summed E-state index contributed by atoms with van der Waals surface area (Å²) in [7, 11) is 0. The molecule has 0 saturated heterocycles. The lowest BCUT2D eigenvalue weighted by Crippen LogP contribution is -2.14. The predicted octanol–water partition coefficient (Wildman–Crippen LogP) is 3.56. The molecule has 29 heavy (non-hydrogen) atoms. The lowest BCUT2D eigenvalue weighted by atomic mass is 10.1. The number of carbonyl (C=O) groups excluding carboxylic acids is 2. The van der Waals surface area contributed by atoms with E-state index in [4.69, 9.17) is 4.74 Å². The normalized spacial score (nSPS) is 10.4. The molecule has 2 heterocycles. The molecule has 3 aromatic rings. The molecule has 10 heteroatoms. The van der Waals surface area contributed by atoms with Gasteiger partial charge < -0.3 is 10.1 Å². The van der Waals surface area contributed by atoms with Crippen LogP contribution in [-0.4, -0.2) is 32.6 Å². The molecule has 0 unspecified atom stereocenters. The average Bonchev–Trinajstić information content (AvgIpc) is 3.29. The van der Waals surface area contributed by atoms with Gasteiger partial charge in [0.15, 0.2) is 11.6 Å². The number of hydrogen-bond donors (Lipinski definition) is 2. The molecule has 0 aliphatic heterocycles. The number of amides is 1. The molecular formula is C19H17N5O3S2. The number of benzene rings is 1. The highest BCUT2D eigenvalue weighted by Gasteiger charge is 2.19. The van der Waals surface area contributed by atoms with Crippen molar-refractivity contribution in [1.29, 1.82) is 5.26 Å². The van der Waals surface area contributed by atoms with Gasteiger partial charge >= 0.3 is 0 Å². The van der Waals surface area contributed by atoms with Crippen molar-refractivity contribution in [2.24, 2.45) is 0 Å². The van der Waals surface area contributed by atoms with E-state index in [2.05, 4.69) is 20.5 Å². The molecule has 8 nitrogen and oxygen atoms in total. The quantitative estimate of drug-likeness (QED) is 0.416. The molecule has 1 aromatic carbocycles. The maximum atomic E-state index is 12.3. The zero-order valence-corrected chi connectivity index (χ0v) is 17.3. The van der Waals surface area contributed by atoms with Crippen LogP contribution in [0.3, 0.4) is 0 Å². The van der Waals surface area contributed by atoms with Crippen LogP contribution in [0.1, 0.15) is 33.5 Å². The van der Waals surface area contributed by atoms with Gasteiger partial charge in [0, 0.05) is 0 Å². The molecule has 148 valence electrons. The number of ketones is 1. The highest BCUT2D eigenvalue weighted by Crippen LogP contribution is 2.33. The summed E-state index contributed by atoms with van der Waals surface area (Å²) in [6.07, 6.45) is 0. The Morgan fingerprint density at radius 1 is 1.34 bits per heavy atom. The van der Waals surface area contributed by atoms with E-state index in [0.717, 1.165) is 28.8 Å². The molecule has 2 aromatic heterocycles. The number of ether oxygens (including phenoxy) is 1. The number of carbonyl (C=O) groups is 2. The Morgan fingerprint density at radius 2 is 2.10 bits per heavy atom. The number of Topliss-reactive ketones (excluding diaryl/α,β-unsaturated/α-hetero) is 1. The fraction of sp³-hybridized carbons (Fsp3) is 0.211. The van der Waals surface area contributed by atoms with Crippen LogP contribution in [-0.2, 0) is 11.4 Å². The fourth-order valence-corrected chi connectivity index (χ4v) is 4.13. The molecule has 1 amide bonds. The van der Waals surface area contributed by atoms with Crippen molar-refractivity contribution in [2.75, 3.05) is 11.1 Å². The lowest BCUT2D eigenvalue weighted by molar-refractivity contribution is -0.113. The average molecular weight is 428 g/mol. The van der Waals surface area contributed by atoms with Gasteiger partial charge in [0.25, 0.3) is 0 Å². The predicted molar refractivity (Wildman–Crippen MR) is 110 cm³/mol. The van der Waals surface area contributed by atoms with Gasteiger partial charge in [-0.25, -0.2) is 4.98 Å². The number of anilines is 1. The number of thioether (sulfide) groups is 1. The third kappa shape index (κ3) is 5.22. The molecule has 0 radical (unpaired) electrons. The van der Waals surface area contributed by atoms with Crippen LogP contribution in [0.15, 0.2) is 35.5 Å². The van der Waals surface area contributed by atoms with Crippen LogP contribution in [0.25, 0.3) is 0 Å². The number of thiophene rings is 1. The summed E-state index contributed by atoms with van der Waals surface area (Å²) < 4.78 is 5.59. The first-order valence-corrected chi connectivity index (χ1v) is 10.3. The van der Waals surface area contributed by atoms with Gasteiger partial charge in [0.1, 0.15) is 23.4 Å². The lowest BCUT2D eigenvalue weighted by Gasteiger charge is -2.02. The standard InChI is InChI=1S/C19H17N5O3S2/c1-11-14(8-20)18(29-17(11)12(2)25)22-16(26)10-28-19-21-15(23-24-19)9-27-13-6-4-3-5-7-13/h3-7H,9-10H2,1-2H3,(H,22,26)(H,21,23,24). The van der Waals surface area contributed by atoms with Crippen LogP contribution in [0.5, 0.6) is 5.75 Å². The molecule has 0 atom stereocenters. The molecule has 0 saturated carbocycles. The van der Waals surface area contributed by atoms with Crippen molar-refractivity contribution < 1.29 is 14.3 Å². The second kappa shape index (κ2) is 9.36. The topological polar surface area (TPSA) is 121 Å². The first kappa shape index (κ1) is 20.6. The van der Waals surface area contributed by atoms with E-state index < -0.39 is 0 Å². The van der Waals surface area contributed by atoms with Crippen molar-refractivity contribution in [2.45, 2.75) is 25.6 Å². The van der Waals surface area contributed by atoms with E-state index in [1.807, 2.05) is 36.4 Å². The number of nitriles is 1. The minimum absolute atomic E-state index is 0.0635. The van der Waals surface area contributed by atoms with E-state index >= 15 is 0 Å². The molecule has 0 bridgehead atoms.